The first-order chi connectivity index (χ1) is 6.30. The van der Waals surface area contributed by atoms with Crippen molar-refractivity contribution in [3.63, 3.8) is 0 Å². The molecule has 0 bridgehead atoms. The van der Waals surface area contributed by atoms with Crippen molar-refractivity contribution in [1.82, 2.24) is 0 Å². The van der Waals surface area contributed by atoms with E-state index in [0.717, 1.165) is 17.1 Å². The largest absolute Gasteiger partial charge is 0.497 e. The topological polar surface area (TPSA) is 44.5 Å². The third kappa shape index (κ3) is 2.63. The first kappa shape index (κ1) is 9.86. The van der Waals surface area contributed by atoms with E-state index in [1.54, 1.807) is 20.8 Å². The molecule has 0 aliphatic heterocycles. The summed E-state index contributed by atoms with van der Waals surface area (Å²) in [4.78, 5) is 0. The monoisotopic (exact) mass is 180 g/mol. The fourth-order valence-electron chi connectivity index (χ4n) is 1.12. The van der Waals surface area contributed by atoms with Crippen molar-refractivity contribution >= 4 is 0 Å². The van der Waals surface area contributed by atoms with E-state index in [-0.39, 0.29) is 0 Å². The smallest absolute Gasteiger partial charge is 0.122 e. The van der Waals surface area contributed by atoms with E-state index < -0.39 is 0 Å². The maximum Gasteiger partial charge on any atom is 0.122 e. The Bertz CT molecular complexity index is 251. The molecule has 1 aromatic rings. The molecule has 0 saturated heterocycles. The minimum Gasteiger partial charge on any atom is -0.497 e. The van der Waals surface area contributed by atoms with Gasteiger partial charge in [0.1, 0.15) is 11.5 Å². The van der Waals surface area contributed by atoms with Gasteiger partial charge in [-0.25, -0.2) is 0 Å². The average molecular weight is 180 g/mol. The number of hydrogen-bond donors (Lipinski definition) is 1. The minimum absolute atomic E-state index is 0.716. The lowest BCUT2D eigenvalue weighted by Gasteiger charge is -2.07. The zero-order valence-electron chi connectivity index (χ0n) is 7.91. The lowest BCUT2D eigenvalue weighted by molar-refractivity contribution is 0.393. The van der Waals surface area contributed by atoms with Crippen LogP contribution < -0.4 is 15.2 Å². The lowest BCUT2D eigenvalue weighted by atomic mass is 10.1. The van der Waals surface area contributed by atoms with Gasteiger partial charge in [-0.05, 0) is 24.1 Å². The van der Waals surface area contributed by atoms with E-state index in [2.05, 4.69) is 0 Å². The molecule has 0 aliphatic rings. The highest BCUT2D eigenvalue weighted by molar-refractivity contribution is 5.38. The van der Waals surface area contributed by atoms with Gasteiger partial charge >= 0.3 is 0 Å². The van der Waals surface area contributed by atoms with Crippen molar-refractivity contribution in [2.45, 2.75) is 6.42 Å². The van der Waals surface area contributed by atoms with Gasteiger partial charge in [0.25, 0.3) is 0 Å². The van der Waals surface area contributed by atoms with Crippen LogP contribution in [0.2, 0.25) is 0 Å². The van der Waals surface area contributed by atoms with Crippen LogP contribution in [0.1, 0.15) is 5.56 Å². The van der Waals surface area contributed by atoms with E-state index >= 15 is 0 Å². The van der Waals surface area contributed by atoms with Gasteiger partial charge in [0.15, 0.2) is 0 Å². The molecule has 0 unspecified atom stereocenters. The number of rotatable bonds is 4. The fraction of sp³-hybridized carbons (Fsp3) is 0.300. The molecule has 1 radical (unpaired) electrons. The van der Waals surface area contributed by atoms with Crippen LogP contribution in [0.5, 0.6) is 11.5 Å². The van der Waals surface area contributed by atoms with Crippen LogP contribution in [0.15, 0.2) is 18.2 Å². The predicted molar refractivity (Wildman–Crippen MR) is 51.7 cm³/mol. The lowest BCUT2D eigenvalue weighted by Crippen LogP contribution is -1.96. The van der Waals surface area contributed by atoms with Crippen LogP contribution in [0, 0.1) is 6.54 Å². The van der Waals surface area contributed by atoms with Crippen molar-refractivity contribution in [3.8, 4) is 11.5 Å². The van der Waals surface area contributed by atoms with Gasteiger partial charge < -0.3 is 15.2 Å². The molecule has 71 valence electrons. The molecule has 3 heteroatoms. The highest BCUT2D eigenvalue weighted by Gasteiger charge is 2.00. The summed E-state index contributed by atoms with van der Waals surface area (Å²) >= 11 is 0. The number of methoxy groups -OCH3 is 2. The number of ether oxygens (including phenoxy) is 2. The van der Waals surface area contributed by atoms with Crippen molar-refractivity contribution in [2.24, 2.45) is 5.73 Å². The van der Waals surface area contributed by atoms with E-state index in [1.807, 2.05) is 18.2 Å². The summed E-state index contributed by atoms with van der Waals surface area (Å²) in [5.41, 5.74) is 6.42. The van der Waals surface area contributed by atoms with Crippen LogP contribution in [-0.4, -0.2) is 14.2 Å². The highest BCUT2D eigenvalue weighted by atomic mass is 16.5. The molecule has 3 nitrogen and oxygen atoms in total. The number of hydrogen-bond acceptors (Lipinski definition) is 3. The van der Waals surface area contributed by atoms with Gasteiger partial charge in [0.05, 0.1) is 14.2 Å². The molecule has 1 rings (SSSR count). The molecule has 0 heterocycles. The Balaban J connectivity index is 2.93. The normalized spacial score (nSPS) is 9.77. The van der Waals surface area contributed by atoms with Gasteiger partial charge in [-0.2, -0.15) is 0 Å². The first-order valence-corrected chi connectivity index (χ1v) is 4.05. The van der Waals surface area contributed by atoms with Crippen molar-refractivity contribution in [3.05, 3.63) is 30.3 Å². The molecule has 0 aliphatic carbocycles. The molecule has 0 spiro atoms. The third-order valence-electron chi connectivity index (χ3n) is 1.76. The number of nitrogens with two attached hydrogens (primary N) is 1. The first-order valence-electron chi connectivity index (χ1n) is 4.05. The predicted octanol–water partition coefficient (Wildman–Crippen LogP) is 1.37. The highest BCUT2D eigenvalue weighted by Crippen LogP contribution is 2.22. The van der Waals surface area contributed by atoms with Gasteiger partial charge in [-0.15, -0.1) is 0 Å². The Hall–Kier alpha value is -1.22. The van der Waals surface area contributed by atoms with E-state index in [4.69, 9.17) is 15.2 Å². The zero-order valence-corrected chi connectivity index (χ0v) is 7.91. The molecular formula is C10H14NO2. The molecular weight excluding hydrogens is 166 g/mol. The van der Waals surface area contributed by atoms with Crippen LogP contribution in [0.25, 0.3) is 0 Å². The van der Waals surface area contributed by atoms with Gasteiger partial charge in [-0.3, -0.25) is 0 Å². The van der Waals surface area contributed by atoms with Gasteiger partial charge in [0, 0.05) is 12.6 Å². The molecule has 0 aromatic heterocycles. The second kappa shape index (κ2) is 4.72. The average Bonchev–Trinajstić information content (AvgIpc) is 2.17. The fourth-order valence-corrected chi connectivity index (χ4v) is 1.12. The Labute approximate surface area is 78.5 Å². The van der Waals surface area contributed by atoms with Gasteiger partial charge in [0.2, 0.25) is 0 Å². The summed E-state index contributed by atoms with van der Waals surface area (Å²) in [6.45, 7) is 1.61. The summed E-state index contributed by atoms with van der Waals surface area (Å²) in [5.74, 6) is 1.58. The maximum atomic E-state index is 5.34. The van der Waals surface area contributed by atoms with Gasteiger partial charge in [-0.1, -0.05) is 0 Å². The molecule has 0 saturated carbocycles. The van der Waals surface area contributed by atoms with Crippen LogP contribution in [0.4, 0.5) is 0 Å². The summed E-state index contributed by atoms with van der Waals surface area (Å²) in [6, 6.07) is 5.71. The summed E-state index contributed by atoms with van der Waals surface area (Å²) in [7, 11) is 3.26. The van der Waals surface area contributed by atoms with E-state index in [1.165, 1.54) is 0 Å². The van der Waals surface area contributed by atoms with Crippen molar-refractivity contribution in [1.29, 1.82) is 0 Å². The molecule has 13 heavy (non-hydrogen) atoms. The zero-order chi connectivity index (χ0) is 9.68. The summed E-state index contributed by atoms with van der Waals surface area (Å²) in [6.07, 6.45) is 0.716. The van der Waals surface area contributed by atoms with Crippen LogP contribution >= 0.6 is 0 Å². The Morgan fingerprint density at radius 2 is 1.69 bits per heavy atom. The molecule has 1 aromatic carbocycles. The Morgan fingerprint density at radius 3 is 2.08 bits per heavy atom. The number of benzene rings is 1. The standard InChI is InChI=1S/C10H14NO2/c1-12-9-5-8(3-4-11)6-10(7-9)13-2/h4-7H,3,11H2,1-2H3. The van der Waals surface area contributed by atoms with E-state index in [0.29, 0.717) is 6.42 Å². The maximum absolute atomic E-state index is 5.34. The molecule has 0 amide bonds. The summed E-state index contributed by atoms with van der Waals surface area (Å²) in [5, 5.41) is 0. The molecule has 0 fully saturated rings. The SMILES string of the molecule is COc1cc(C[CH]N)cc(OC)c1. The third-order valence-corrected chi connectivity index (χ3v) is 1.76. The molecule has 0 atom stereocenters. The molecule has 2 N–H and O–H groups in total. The second-order valence-electron chi connectivity index (χ2n) is 2.66. The van der Waals surface area contributed by atoms with E-state index in [9.17, 15) is 0 Å². The summed E-state index contributed by atoms with van der Waals surface area (Å²) < 4.78 is 10.2. The van der Waals surface area contributed by atoms with Crippen LogP contribution in [0.3, 0.4) is 0 Å². The quantitative estimate of drug-likeness (QED) is 0.761. The second-order valence-corrected chi connectivity index (χ2v) is 2.66. The van der Waals surface area contributed by atoms with Crippen molar-refractivity contribution in [2.75, 3.05) is 14.2 Å². The Morgan fingerprint density at radius 1 is 1.15 bits per heavy atom. The van der Waals surface area contributed by atoms with Crippen LogP contribution in [-0.2, 0) is 6.42 Å². The Kier molecular flexibility index (Phi) is 3.58. The van der Waals surface area contributed by atoms with Crippen molar-refractivity contribution < 1.29 is 9.47 Å². The minimum atomic E-state index is 0.716.